The highest BCUT2D eigenvalue weighted by molar-refractivity contribution is 7.84. The largest absolute Gasteiger partial charge is 0.254 e. The van der Waals surface area contributed by atoms with Gasteiger partial charge in [-0.2, -0.15) is 11.3 Å². The zero-order valence-corrected chi connectivity index (χ0v) is 9.18. The molecule has 72 valence electrons. The highest BCUT2D eigenvalue weighted by Gasteiger charge is 2.03. The molecule has 0 bridgehead atoms. The molecule has 14 heavy (non-hydrogen) atoms. The number of thiophene rings is 1. The van der Waals surface area contributed by atoms with Crippen LogP contribution < -0.4 is 0 Å². The molecule has 0 N–H and O–H groups in total. The van der Waals surface area contributed by atoms with Crippen LogP contribution in [0, 0.1) is 0 Å². The lowest BCUT2D eigenvalue weighted by Gasteiger charge is -1.99. The van der Waals surface area contributed by atoms with Crippen molar-refractivity contribution in [2.75, 3.05) is 0 Å². The normalized spacial score (nSPS) is 12.6. The van der Waals surface area contributed by atoms with E-state index in [1.165, 1.54) is 0 Å². The van der Waals surface area contributed by atoms with Crippen molar-refractivity contribution in [3.8, 4) is 0 Å². The lowest BCUT2D eigenvalue weighted by molar-refractivity contribution is 0.682. The summed E-state index contributed by atoms with van der Waals surface area (Å²) in [6.07, 6.45) is 0. The first kappa shape index (κ1) is 9.62. The van der Waals surface area contributed by atoms with Gasteiger partial charge >= 0.3 is 0 Å². The van der Waals surface area contributed by atoms with Crippen molar-refractivity contribution >= 4 is 22.1 Å². The van der Waals surface area contributed by atoms with Gasteiger partial charge in [-0.25, -0.2) is 0 Å². The third-order valence-corrected chi connectivity index (χ3v) is 4.01. The fraction of sp³-hybridized carbons (Fsp3) is 0.0909. The zero-order valence-electron chi connectivity index (χ0n) is 7.55. The number of rotatable bonds is 3. The Morgan fingerprint density at radius 3 is 2.57 bits per heavy atom. The Balaban J connectivity index is 2.11. The van der Waals surface area contributed by atoms with Crippen LogP contribution in [0.15, 0.2) is 52.1 Å². The summed E-state index contributed by atoms with van der Waals surface area (Å²) in [5.74, 6) is 0.619. The van der Waals surface area contributed by atoms with E-state index in [9.17, 15) is 4.21 Å². The first-order chi connectivity index (χ1) is 6.86. The first-order valence-electron chi connectivity index (χ1n) is 4.31. The molecule has 1 aromatic heterocycles. The molecule has 3 heteroatoms. The molecule has 0 amide bonds. The molecule has 0 saturated carbocycles. The summed E-state index contributed by atoms with van der Waals surface area (Å²) in [6.45, 7) is 0. The van der Waals surface area contributed by atoms with Crippen molar-refractivity contribution < 1.29 is 4.21 Å². The second kappa shape index (κ2) is 4.53. The summed E-state index contributed by atoms with van der Waals surface area (Å²) >= 11 is 1.64. The number of hydrogen-bond acceptors (Lipinski definition) is 2. The minimum Gasteiger partial charge on any atom is -0.254 e. The molecule has 1 aromatic carbocycles. The lowest BCUT2D eigenvalue weighted by Crippen LogP contribution is -1.94. The minimum absolute atomic E-state index is 0.619. The Morgan fingerprint density at radius 1 is 1.14 bits per heavy atom. The maximum atomic E-state index is 11.8. The topological polar surface area (TPSA) is 17.1 Å². The van der Waals surface area contributed by atoms with Crippen molar-refractivity contribution in [1.82, 2.24) is 0 Å². The van der Waals surface area contributed by atoms with E-state index in [-0.39, 0.29) is 0 Å². The van der Waals surface area contributed by atoms with Crippen LogP contribution in [0.3, 0.4) is 0 Å². The molecule has 0 aliphatic carbocycles. The second-order valence-corrected chi connectivity index (χ2v) is 5.17. The molecule has 0 spiro atoms. The van der Waals surface area contributed by atoms with E-state index in [0.717, 1.165) is 10.5 Å². The molecule has 0 saturated heterocycles. The SMILES string of the molecule is O=S(Cc1ccsc1)c1ccccc1. The van der Waals surface area contributed by atoms with Crippen LogP contribution >= 0.6 is 11.3 Å². The van der Waals surface area contributed by atoms with Gasteiger partial charge in [-0.3, -0.25) is 4.21 Å². The van der Waals surface area contributed by atoms with E-state index >= 15 is 0 Å². The van der Waals surface area contributed by atoms with Gasteiger partial charge in [-0.05, 0) is 34.5 Å². The molecular formula is C11H10OS2. The van der Waals surface area contributed by atoms with Crippen LogP contribution in [-0.2, 0) is 16.6 Å². The van der Waals surface area contributed by atoms with E-state index in [1.54, 1.807) is 11.3 Å². The minimum atomic E-state index is -0.906. The van der Waals surface area contributed by atoms with E-state index in [1.807, 2.05) is 47.2 Å². The van der Waals surface area contributed by atoms with E-state index in [4.69, 9.17) is 0 Å². The molecule has 0 radical (unpaired) electrons. The van der Waals surface area contributed by atoms with Crippen LogP contribution in [0.25, 0.3) is 0 Å². The second-order valence-electron chi connectivity index (χ2n) is 2.93. The summed E-state index contributed by atoms with van der Waals surface area (Å²) in [5, 5.41) is 4.05. The summed E-state index contributed by atoms with van der Waals surface area (Å²) in [4.78, 5) is 0.902. The molecule has 1 unspecified atom stereocenters. The first-order valence-corrected chi connectivity index (χ1v) is 6.57. The van der Waals surface area contributed by atoms with Crippen molar-refractivity contribution in [1.29, 1.82) is 0 Å². The van der Waals surface area contributed by atoms with Crippen LogP contribution in [-0.4, -0.2) is 4.21 Å². The highest BCUT2D eigenvalue weighted by Crippen LogP contribution is 2.13. The van der Waals surface area contributed by atoms with Crippen molar-refractivity contribution in [3.05, 3.63) is 52.7 Å². The summed E-state index contributed by atoms with van der Waals surface area (Å²) in [5.41, 5.74) is 1.15. The number of hydrogen-bond donors (Lipinski definition) is 0. The van der Waals surface area contributed by atoms with Crippen molar-refractivity contribution in [3.63, 3.8) is 0 Å². The Morgan fingerprint density at radius 2 is 1.93 bits per heavy atom. The monoisotopic (exact) mass is 222 g/mol. The van der Waals surface area contributed by atoms with Gasteiger partial charge in [0.25, 0.3) is 0 Å². The fourth-order valence-corrected chi connectivity index (χ4v) is 3.07. The maximum Gasteiger partial charge on any atom is 0.0574 e. The predicted molar refractivity (Wildman–Crippen MR) is 60.9 cm³/mol. The Labute approximate surface area is 89.9 Å². The molecule has 2 rings (SSSR count). The molecular weight excluding hydrogens is 212 g/mol. The lowest BCUT2D eigenvalue weighted by atomic mass is 10.4. The van der Waals surface area contributed by atoms with E-state index < -0.39 is 10.8 Å². The molecule has 0 aliphatic heterocycles. The average Bonchev–Trinajstić information content (AvgIpc) is 2.72. The van der Waals surface area contributed by atoms with Gasteiger partial charge in [0.2, 0.25) is 0 Å². The van der Waals surface area contributed by atoms with Gasteiger partial charge in [0.15, 0.2) is 0 Å². The van der Waals surface area contributed by atoms with E-state index in [0.29, 0.717) is 5.75 Å². The van der Waals surface area contributed by atoms with Crippen molar-refractivity contribution in [2.24, 2.45) is 0 Å². The fourth-order valence-electron chi connectivity index (χ4n) is 1.18. The van der Waals surface area contributed by atoms with Crippen LogP contribution in [0.5, 0.6) is 0 Å². The molecule has 1 heterocycles. The smallest absolute Gasteiger partial charge is 0.0574 e. The molecule has 0 fully saturated rings. The molecule has 2 aromatic rings. The van der Waals surface area contributed by atoms with Crippen molar-refractivity contribution in [2.45, 2.75) is 10.6 Å². The van der Waals surface area contributed by atoms with Gasteiger partial charge < -0.3 is 0 Å². The maximum absolute atomic E-state index is 11.8. The molecule has 0 aliphatic rings. The van der Waals surface area contributed by atoms with Crippen LogP contribution in [0.4, 0.5) is 0 Å². The van der Waals surface area contributed by atoms with Gasteiger partial charge in [0, 0.05) is 4.90 Å². The van der Waals surface area contributed by atoms with Gasteiger partial charge in [0.05, 0.1) is 16.6 Å². The Hall–Kier alpha value is -0.930. The highest BCUT2D eigenvalue weighted by atomic mass is 32.2. The van der Waals surface area contributed by atoms with Gasteiger partial charge in [-0.15, -0.1) is 0 Å². The number of benzene rings is 1. The van der Waals surface area contributed by atoms with E-state index in [2.05, 4.69) is 0 Å². The summed E-state index contributed by atoms with van der Waals surface area (Å²) < 4.78 is 11.8. The zero-order chi connectivity index (χ0) is 9.80. The Kier molecular flexibility index (Phi) is 3.11. The summed E-state index contributed by atoms with van der Waals surface area (Å²) in [6, 6.07) is 11.6. The molecule has 1 nitrogen and oxygen atoms in total. The van der Waals surface area contributed by atoms with Gasteiger partial charge in [-0.1, -0.05) is 18.2 Å². The third kappa shape index (κ3) is 2.30. The predicted octanol–water partition coefficient (Wildman–Crippen LogP) is 3.06. The summed E-state index contributed by atoms with van der Waals surface area (Å²) in [7, 11) is -0.906. The molecule has 1 atom stereocenters. The van der Waals surface area contributed by atoms with Gasteiger partial charge in [0.1, 0.15) is 0 Å². The Bertz CT molecular complexity index is 406. The van der Waals surface area contributed by atoms with Crippen LogP contribution in [0.2, 0.25) is 0 Å². The standard InChI is InChI=1S/C11H10OS2/c12-14(9-10-6-7-13-8-10)11-4-2-1-3-5-11/h1-8H,9H2. The van der Waals surface area contributed by atoms with Crippen LogP contribution in [0.1, 0.15) is 5.56 Å². The average molecular weight is 222 g/mol. The third-order valence-electron chi connectivity index (χ3n) is 1.88. The quantitative estimate of drug-likeness (QED) is 0.780.